The second kappa shape index (κ2) is 4.62. The van der Waals surface area contributed by atoms with Crippen molar-refractivity contribution >= 4 is 18.6 Å². The molecule has 66 valence electrons. The van der Waals surface area contributed by atoms with E-state index in [0.29, 0.717) is 12.3 Å². The zero-order valence-electron chi connectivity index (χ0n) is 7.18. The molecular formula is C7H15NO2S. The molecule has 0 amide bonds. The van der Waals surface area contributed by atoms with E-state index in [-0.39, 0.29) is 5.97 Å². The Bertz CT molecular complexity index is 131. The second-order valence-corrected chi connectivity index (χ2v) is 3.70. The Morgan fingerprint density at radius 2 is 2.09 bits per heavy atom. The molecule has 3 nitrogen and oxygen atoms in total. The lowest BCUT2D eigenvalue weighted by molar-refractivity contribution is -0.160. The Hall–Kier alpha value is -0.220. The molecule has 0 spiro atoms. The van der Waals surface area contributed by atoms with E-state index in [1.807, 2.05) is 0 Å². The van der Waals surface area contributed by atoms with Crippen molar-refractivity contribution in [2.45, 2.75) is 20.8 Å². The van der Waals surface area contributed by atoms with E-state index in [1.165, 1.54) is 0 Å². The van der Waals surface area contributed by atoms with E-state index in [2.05, 4.69) is 18.1 Å². The first-order chi connectivity index (χ1) is 4.98. The number of carbonyl (C=O) groups is 1. The van der Waals surface area contributed by atoms with Crippen LogP contribution in [0.3, 0.4) is 0 Å². The number of hydroxylamine groups is 1. The van der Waals surface area contributed by atoms with Gasteiger partial charge in [-0.25, -0.2) is 4.79 Å². The van der Waals surface area contributed by atoms with Gasteiger partial charge in [-0.1, -0.05) is 0 Å². The molecule has 0 aliphatic rings. The van der Waals surface area contributed by atoms with Crippen LogP contribution in [0.1, 0.15) is 20.8 Å². The predicted octanol–water partition coefficient (Wildman–Crippen LogP) is 1.01. The summed E-state index contributed by atoms with van der Waals surface area (Å²) in [5.74, 6) is 0.400. The van der Waals surface area contributed by atoms with Crippen LogP contribution in [0.15, 0.2) is 0 Å². The summed E-state index contributed by atoms with van der Waals surface area (Å²) in [5.41, 5.74) is 2.07. The van der Waals surface area contributed by atoms with Crippen LogP contribution in [0.2, 0.25) is 0 Å². The smallest absolute Gasteiger partial charge is 0.329 e. The summed E-state index contributed by atoms with van der Waals surface area (Å²) in [6, 6.07) is 0. The standard InChI is InChI=1S/C7H15NO2S/c1-7(2,3)6(9)10-8-4-5-11/h8,11H,4-5H2,1-3H3. The maximum Gasteiger partial charge on any atom is 0.329 e. The molecule has 0 unspecified atom stereocenters. The Morgan fingerprint density at radius 3 is 2.45 bits per heavy atom. The van der Waals surface area contributed by atoms with Crippen molar-refractivity contribution in [3.05, 3.63) is 0 Å². The highest BCUT2D eigenvalue weighted by Crippen LogP contribution is 2.13. The molecule has 0 bridgehead atoms. The van der Waals surface area contributed by atoms with E-state index in [0.717, 1.165) is 0 Å². The van der Waals surface area contributed by atoms with Gasteiger partial charge in [0.25, 0.3) is 0 Å². The molecule has 0 rings (SSSR count). The monoisotopic (exact) mass is 177 g/mol. The van der Waals surface area contributed by atoms with Gasteiger partial charge in [-0.15, -0.1) is 0 Å². The van der Waals surface area contributed by atoms with Crippen molar-refractivity contribution in [2.75, 3.05) is 12.3 Å². The number of nitrogens with one attached hydrogen (secondary N) is 1. The topological polar surface area (TPSA) is 38.3 Å². The summed E-state index contributed by atoms with van der Waals surface area (Å²) in [5, 5.41) is 0. The van der Waals surface area contributed by atoms with Gasteiger partial charge >= 0.3 is 5.97 Å². The quantitative estimate of drug-likeness (QED) is 0.384. The van der Waals surface area contributed by atoms with Crippen molar-refractivity contribution in [1.29, 1.82) is 0 Å². The largest absolute Gasteiger partial charge is 0.370 e. The first kappa shape index (κ1) is 10.8. The van der Waals surface area contributed by atoms with Crippen LogP contribution in [0.5, 0.6) is 0 Å². The summed E-state index contributed by atoms with van der Waals surface area (Å²) in [4.78, 5) is 15.7. The van der Waals surface area contributed by atoms with Crippen molar-refractivity contribution < 1.29 is 9.63 Å². The van der Waals surface area contributed by atoms with E-state index >= 15 is 0 Å². The van der Waals surface area contributed by atoms with Gasteiger partial charge in [0.1, 0.15) is 0 Å². The highest BCUT2D eigenvalue weighted by Gasteiger charge is 2.22. The van der Waals surface area contributed by atoms with Gasteiger partial charge in [0.2, 0.25) is 0 Å². The fourth-order valence-corrected chi connectivity index (χ4v) is 0.407. The van der Waals surface area contributed by atoms with Crippen LogP contribution in [0.4, 0.5) is 0 Å². The maximum absolute atomic E-state index is 11.0. The lowest BCUT2D eigenvalue weighted by Gasteiger charge is -2.15. The Kier molecular flexibility index (Phi) is 4.52. The van der Waals surface area contributed by atoms with Crippen LogP contribution in [-0.2, 0) is 9.63 Å². The average molecular weight is 177 g/mol. The Labute approximate surface area is 72.9 Å². The number of carbonyl (C=O) groups excluding carboxylic acids is 1. The lowest BCUT2D eigenvalue weighted by Crippen LogP contribution is -2.30. The summed E-state index contributed by atoms with van der Waals surface area (Å²) < 4.78 is 0. The molecule has 0 aromatic carbocycles. The van der Waals surface area contributed by atoms with Crippen molar-refractivity contribution in [1.82, 2.24) is 5.48 Å². The molecule has 0 saturated carbocycles. The molecule has 0 aliphatic heterocycles. The van der Waals surface area contributed by atoms with Crippen molar-refractivity contribution in [3.8, 4) is 0 Å². The van der Waals surface area contributed by atoms with Gasteiger partial charge in [-0.2, -0.15) is 18.1 Å². The van der Waals surface area contributed by atoms with Gasteiger partial charge in [0.05, 0.1) is 5.41 Å². The molecule has 0 saturated heterocycles. The number of hydrogen-bond acceptors (Lipinski definition) is 4. The van der Waals surface area contributed by atoms with Crippen molar-refractivity contribution in [3.63, 3.8) is 0 Å². The van der Waals surface area contributed by atoms with Crippen LogP contribution >= 0.6 is 12.6 Å². The lowest BCUT2D eigenvalue weighted by atomic mass is 9.98. The fourth-order valence-electron chi connectivity index (χ4n) is 0.315. The first-order valence-electron chi connectivity index (χ1n) is 3.53. The highest BCUT2D eigenvalue weighted by atomic mass is 32.1. The zero-order valence-corrected chi connectivity index (χ0v) is 8.07. The molecule has 0 radical (unpaired) electrons. The second-order valence-electron chi connectivity index (χ2n) is 3.26. The molecule has 0 atom stereocenters. The summed E-state index contributed by atoms with van der Waals surface area (Å²) in [7, 11) is 0. The van der Waals surface area contributed by atoms with Crippen LogP contribution < -0.4 is 5.48 Å². The maximum atomic E-state index is 11.0. The van der Waals surface area contributed by atoms with Gasteiger partial charge in [-0.3, -0.25) is 0 Å². The number of rotatable bonds is 3. The zero-order chi connectivity index (χ0) is 8.91. The number of thiol groups is 1. The average Bonchev–Trinajstić information content (AvgIpc) is 1.86. The van der Waals surface area contributed by atoms with E-state index in [9.17, 15) is 4.79 Å². The molecule has 11 heavy (non-hydrogen) atoms. The van der Waals surface area contributed by atoms with Crippen molar-refractivity contribution in [2.24, 2.45) is 5.41 Å². The van der Waals surface area contributed by atoms with Crippen LogP contribution in [0.25, 0.3) is 0 Å². The van der Waals surface area contributed by atoms with Gasteiger partial charge in [-0.05, 0) is 20.8 Å². The summed E-state index contributed by atoms with van der Waals surface area (Å²) in [6.45, 7) is 5.98. The SMILES string of the molecule is CC(C)(C)C(=O)ONCCS. The Balaban J connectivity index is 3.54. The van der Waals surface area contributed by atoms with Gasteiger partial charge in [0, 0.05) is 12.3 Å². The summed E-state index contributed by atoms with van der Waals surface area (Å²) in [6.07, 6.45) is 0. The molecular weight excluding hydrogens is 162 g/mol. The minimum absolute atomic E-state index is 0.251. The van der Waals surface area contributed by atoms with E-state index in [1.54, 1.807) is 20.8 Å². The van der Waals surface area contributed by atoms with Gasteiger partial charge in [0.15, 0.2) is 0 Å². The third kappa shape index (κ3) is 5.09. The highest BCUT2D eigenvalue weighted by molar-refractivity contribution is 7.80. The molecule has 0 aromatic rings. The molecule has 0 heterocycles. The van der Waals surface area contributed by atoms with E-state index < -0.39 is 5.41 Å². The van der Waals surface area contributed by atoms with Crippen LogP contribution in [0, 0.1) is 5.41 Å². The minimum Gasteiger partial charge on any atom is -0.370 e. The third-order valence-electron chi connectivity index (χ3n) is 0.991. The van der Waals surface area contributed by atoms with Gasteiger partial charge < -0.3 is 4.84 Å². The molecule has 4 heteroatoms. The fraction of sp³-hybridized carbons (Fsp3) is 0.857. The molecule has 0 fully saturated rings. The molecule has 0 aliphatic carbocycles. The number of hydrogen-bond donors (Lipinski definition) is 2. The predicted molar refractivity (Wildman–Crippen MR) is 47.4 cm³/mol. The third-order valence-corrected chi connectivity index (χ3v) is 1.21. The minimum atomic E-state index is -0.441. The van der Waals surface area contributed by atoms with Crippen LogP contribution in [-0.4, -0.2) is 18.3 Å². The first-order valence-corrected chi connectivity index (χ1v) is 4.16. The normalized spacial score (nSPS) is 11.3. The van der Waals surface area contributed by atoms with E-state index in [4.69, 9.17) is 4.84 Å². The summed E-state index contributed by atoms with van der Waals surface area (Å²) >= 11 is 3.94. The molecule has 0 aromatic heterocycles. The Morgan fingerprint density at radius 1 is 1.55 bits per heavy atom. The molecule has 1 N–H and O–H groups in total.